The molecule has 1 N–H and O–H groups in total. The molecule has 15 rings (SSSR count). The molecular formula is C91H74AuClN15O12P4-. The summed E-state index contributed by atoms with van der Waals surface area (Å²) in [5.41, 5.74) is 16.1. The molecule has 0 fully saturated rings. The Labute approximate surface area is 731 Å². The maximum atomic E-state index is 11.8. The van der Waals surface area contributed by atoms with Gasteiger partial charge in [-0.05, 0) is 76.6 Å². The third-order valence-electron chi connectivity index (χ3n) is 17.7. The second-order valence-corrected chi connectivity index (χ2v) is 35.6. The van der Waals surface area contributed by atoms with Crippen LogP contribution in [0.1, 0.15) is 7.43 Å². The standard InChI is InChI=1S/C24H18N5O4P.C24H18N3O4P.2C18H15P.C6H3N5O4.CH4.Au.ClH.HN2/c30-28(31)19-16-17-23(24(18-19)29(32)33)25-26-27-34(20-10-4-1-5-11-20,21-12-6-2-7-13-21)22-14-8-3-9-15-22;28-26(29)19-16-17-23(24(18-19)27(30)31)25-32(20-10-4-1-5-11-20,21-12-6-2-7-13-21)22-14-8-3-9-15-22;2*1-4-10-16(11-5-1)19(17-12-6-2-7-13-17)18-14-8-3-9-15-18;7-9-8-5-2-1-4(10(12)13)3-6(5)11(14)15;;;;1-2/h1-18H;1-18H;2*1-15H;1-3H;1H4;;1H;1H/q;;;;;;+1;;-1/p-1. The first-order valence-electron chi connectivity index (χ1n) is 36.6. The van der Waals surface area contributed by atoms with Crippen LogP contribution in [-0.4, -0.2) is 29.5 Å². The number of nitrogens with zero attached hydrogens (tertiary/aromatic N) is 14. The van der Waals surface area contributed by atoms with Crippen molar-refractivity contribution in [2.75, 3.05) is 0 Å². The molecule has 0 unspecified atom stereocenters. The van der Waals surface area contributed by atoms with Crippen molar-refractivity contribution in [1.82, 2.24) is 0 Å². The molecule has 0 aliphatic heterocycles. The van der Waals surface area contributed by atoms with Gasteiger partial charge in [-0.2, -0.15) is 0 Å². The Balaban J connectivity index is 0.000000196. The molecule has 15 aromatic rings. The van der Waals surface area contributed by atoms with Crippen molar-refractivity contribution in [2.24, 2.45) is 25.1 Å². The van der Waals surface area contributed by atoms with Gasteiger partial charge in [-0.3, -0.25) is 60.7 Å². The summed E-state index contributed by atoms with van der Waals surface area (Å²) in [5.74, 6) is 0. The van der Waals surface area contributed by atoms with E-state index >= 15 is 0 Å². The Morgan fingerprint density at radius 2 is 0.492 bits per heavy atom. The van der Waals surface area contributed by atoms with Gasteiger partial charge in [0.05, 0.1) is 61.8 Å². The number of halogens is 1. The second kappa shape index (κ2) is 49.3. The van der Waals surface area contributed by atoms with Gasteiger partial charge in [-0.25, -0.2) is 4.74 Å². The molecule has 0 radical (unpaired) electrons. The summed E-state index contributed by atoms with van der Waals surface area (Å²) in [6, 6.07) is 132. The van der Waals surface area contributed by atoms with Crippen molar-refractivity contribution in [3.8, 4) is 0 Å². The molecule has 124 heavy (non-hydrogen) atoms. The molecule has 0 spiro atoms. The minimum Gasteiger partial charge on any atom is -0.715 e. The fourth-order valence-electron chi connectivity index (χ4n) is 12.3. The van der Waals surface area contributed by atoms with Crippen molar-refractivity contribution < 1.29 is 49.5 Å². The van der Waals surface area contributed by atoms with Crippen LogP contribution in [0.2, 0.25) is 0 Å². The van der Waals surface area contributed by atoms with Gasteiger partial charge in [-0.15, -0.1) is 9.97 Å². The average Bonchev–Trinajstić information content (AvgIpc) is 0.771. The van der Waals surface area contributed by atoms with Gasteiger partial charge >= 0.3 is 40.6 Å². The van der Waals surface area contributed by atoms with Gasteiger partial charge in [0.2, 0.25) is 0 Å². The van der Waals surface area contributed by atoms with Gasteiger partial charge in [-0.1, -0.05) is 377 Å². The van der Waals surface area contributed by atoms with E-state index in [1.165, 1.54) is 50.0 Å². The van der Waals surface area contributed by atoms with Crippen molar-refractivity contribution in [1.29, 1.82) is 5.53 Å². The monoisotopic (exact) mass is 1920 g/mol. The maximum Gasteiger partial charge on any atom is 0.285 e. The summed E-state index contributed by atoms with van der Waals surface area (Å²) in [6.07, 6.45) is 0. The van der Waals surface area contributed by atoms with E-state index in [-0.39, 0.29) is 30.2 Å². The molecule has 0 amide bonds. The predicted molar refractivity (Wildman–Crippen MR) is 496 cm³/mol. The van der Waals surface area contributed by atoms with Crippen LogP contribution in [0.5, 0.6) is 0 Å². The molecule has 0 aliphatic rings. The van der Waals surface area contributed by atoms with Gasteiger partial charge in [0.1, 0.15) is 11.4 Å². The van der Waals surface area contributed by atoms with Crippen molar-refractivity contribution in [3.63, 3.8) is 0 Å². The molecule has 15 aromatic carbocycles. The van der Waals surface area contributed by atoms with Crippen LogP contribution >= 0.6 is 39.1 Å². The van der Waals surface area contributed by atoms with E-state index in [0.717, 1.165) is 68.2 Å². The molecule has 0 atom stereocenters. The number of azide groups is 1. The molecule has 0 aliphatic carbocycles. The SMILES string of the molecule is C.O=[N+]([O-])c1ccc(N=NN=P(c2ccccc2)(c2ccccc2)c2ccccc2)c([N+](=O)[O-])c1.O=[N+]([O-])c1ccc(N=P(c2ccccc2)(c2ccccc2)c2ccccc2)c([N+](=O)[O-])c1.[Cl][Au].[N-]=N.[N-]=[N+]=Nc1ccc([N+](=O)[O-])cc1[N+](=O)[O-].c1ccc(P(c2ccccc2)c2ccccc2)cc1.c1ccc(P(c2ccccc2)c2ccccc2)cc1. The zero-order valence-electron chi connectivity index (χ0n) is 64.5. The maximum absolute atomic E-state index is 11.8. The molecule has 0 bridgehead atoms. The Hall–Kier alpha value is -14.4. The summed E-state index contributed by atoms with van der Waals surface area (Å²) in [4.78, 5) is 69.1. The zero-order valence-corrected chi connectivity index (χ0v) is 71.0. The van der Waals surface area contributed by atoms with Gasteiger partial charge in [0.25, 0.3) is 22.7 Å². The van der Waals surface area contributed by atoms with Gasteiger partial charge in [0, 0.05) is 54.9 Å². The Kier molecular flexibility index (Phi) is 37.8. The molecule has 0 heterocycles. The van der Waals surface area contributed by atoms with Crippen molar-refractivity contribution in [2.45, 2.75) is 7.43 Å². The normalized spacial score (nSPS) is 10.4. The zero-order chi connectivity index (χ0) is 87.8. The van der Waals surface area contributed by atoms with Crippen LogP contribution in [0.3, 0.4) is 0 Å². The summed E-state index contributed by atoms with van der Waals surface area (Å²) in [7, 11) is -1.71. The van der Waals surface area contributed by atoms with E-state index in [1.807, 2.05) is 182 Å². The largest absolute Gasteiger partial charge is 0.715 e. The van der Waals surface area contributed by atoms with Crippen LogP contribution in [-0.2, 0) is 20.0 Å². The summed E-state index contributed by atoms with van der Waals surface area (Å²) < 4.78 is 5.07. The first-order valence-corrected chi connectivity index (χ1v) is 45.4. The molecular weight excluding hydrogens is 1850 g/mol. The molecule has 0 aromatic heterocycles. The van der Waals surface area contributed by atoms with E-state index in [4.69, 9.17) is 26.2 Å². The number of hydrogen-bond acceptors (Lipinski definition) is 16. The first-order chi connectivity index (χ1) is 60.0. The number of nitro benzene ring substituents is 6. The van der Waals surface area contributed by atoms with E-state index in [9.17, 15) is 60.7 Å². The Morgan fingerprint density at radius 1 is 0.290 bits per heavy atom. The number of hydrogen-bond donors (Lipinski definition) is 1. The van der Waals surface area contributed by atoms with Crippen molar-refractivity contribution in [3.05, 3.63) is 495 Å². The minimum atomic E-state index is -2.73. The smallest absolute Gasteiger partial charge is 0.285 e. The van der Waals surface area contributed by atoms with Gasteiger partial charge < -0.3 is 11.1 Å². The Morgan fingerprint density at radius 3 is 0.718 bits per heavy atom. The minimum absolute atomic E-state index is 0. The van der Waals surface area contributed by atoms with Crippen LogP contribution in [0, 0.1) is 66.2 Å². The number of rotatable bonds is 22. The van der Waals surface area contributed by atoms with E-state index in [2.05, 4.69) is 212 Å². The topological polar surface area (TPSA) is 403 Å². The van der Waals surface area contributed by atoms with E-state index < -0.39 is 87.9 Å². The van der Waals surface area contributed by atoms with Crippen LogP contribution < -0.4 is 63.7 Å². The van der Waals surface area contributed by atoms with Gasteiger partial charge in [0.15, 0.2) is 5.69 Å². The molecule has 27 nitrogen and oxygen atoms in total. The number of non-ortho nitro benzene ring substituents is 3. The van der Waals surface area contributed by atoms with Crippen LogP contribution in [0.15, 0.2) is 444 Å². The average molecular weight is 1930 g/mol. The second-order valence-electron chi connectivity index (χ2n) is 25.1. The van der Waals surface area contributed by atoms with Crippen LogP contribution in [0.25, 0.3) is 16.0 Å². The molecule has 0 saturated heterocycles. The van der Waals surface area contributed by atoms with E-state index in [1.54, 1.807) is 20.0 Å². The van der Waals surface area contributed by atoms with Crippen molar-refractivity contribution >= 4 is 154 Å². The first kappa shape index (κ1) is 95.0. The third kappa shape index (κ3) is 25.3. The molecule has 33 heteroatoms. The summed E-state index contributed by atoms with van der Waals surface area (Å²) in [5, 5.41) is 91.4. The van der Waals surface area contributed by atoms with Crippen LogP contribution in [0.4, 0.5) is 51.2 Å². The third-order valence-corrected chi connectivity index (χ3v) is 29.7. The molecule has 0 saturated carbocycles. The number of benzene rings is 15. The quantitative estimate of drug-likeness (QED) is 0.0126. The van der Waals surface area contributed by atoms with E-state index in [0.29, 0.717) is 0 Å². The fraction of sp³-hybridized carbons (Fsp3) is 0.0110. The number of nitro groups is 6. The summed E-state index contributed by atoms with van der Waals surface area (Å²) >= 11 is 1.75. The predicted octanol–water partition coefficient (Wildman–Crippen LogP) is 22.2. The summed E-state index contributed by atoms with van der Waals surface area (Å²) in [6.45, 7) is 0. The fourth-order valence-corrected chi connectivity index (χ4v) is 23.7. The number of nitrogens with one attached hydrogen (secondary N) is 1. The Bertz CT molecular complexity index is 5690. The molecule has 624 valence electrons.